The number of benzene rings is 2. The van der Waals surface area contributed by atoms with Crippen LogP contribution in [0.25, 0.3) is 0 Å². The molecule has 2 atom stereocenters. The predicted octanol–water partition coefficient (Wildman–Crippen LogP) is 2.45. The lowest BCUT2D eigenvalue weighted by Gasteiger charge is -2.35. The molecule has 1 aliphatic rings. The van der Waals surface area contributed by atoms with Gasteiger partial charge in [0.1, 0.15) is 12.3 Å². The molecule has 0 unspecified atom stereocenters. The van der Waals surface area contributed by atoms with E-state index < -0.39 is 0 Å². The Morgan fingerprint density at radius 2 is 1.11 bits per heavy atom. The Morgan fingerprint density at radius 1 is 0.684 bits per heavy atom. The molecule has 4 heteroatoms. The molecule has 3 N–H and O–H groups in total. The van der Waals surface area contributed by atoms with Gasteiger partial charge in [0.05, 0.1) is 0 Å². The van der Waals surface area contributed by atoms with Crippen LogP contribution < -0.4 is 16.0 Å². The molecule has 0 spiro atoms. The minimum absolute atomic E-state index is 0.0279. The maximum Gasteiger partial charge on any atom is 0.169 e. The van der Waals surface area contributed by atoms with Crippen molar-refractivity contribution < 1.29 is 0 Å². The highest BCUT2D eigenvalue weighted by Crippen LogP contribution is 2.19. The molecule has 0 radical (unpaired) electrons. The van der Waals surface area contributed by atoms with Crippen LogP contribution in [0.5, 0.6) is 0 Å². The molecular weight excluding hydrogens is 254 g/mol. The van der Waals surface area contributed by atoms with Crippen molar-refractivity contribution in [3.8, 4) is 0 Å². The van der Waals surface area contributed by atoms with Gasteiger partial charge in [-0.05, 0) is 23.3 Å². The molecule has 3 rings (SSSR count). The molecule has 96 valence electrons. The van der Waals surface area contributed by atoms with Crippen LogP contribution in [0.1, 0.15) is 23.5 Å². The van der Waals surface area contributed by atoms with Gasteiger partial charge in [-0.2, -0.15) is 0 Å². The van der Waals surface area contributed by atoms with E-state index in [4.69, 9.17) is 12.2 Å². The summed E-state index contributed by atoms with van der Waals surface area (Å²) < 4.78 is 0. The third kappa shape index (κ3) is 2.75. The van der Waals surface area contributed by atoms with Gasteiger partial charge >= 0.3 is 0 Å². The lowest BCUT2D eigenvalue weighted by molar-refractivity contribution is 0.368. The highest BCUT2D eigenvalue weighted by Gasteiger charge is 2.24. The summed E-state index contributed by atoms with van der Waals surface area (Å²) in [5, 5.41) is 10.7. The van der Waals surface area contributed by atoms with Gasteiger partial charge < -0.3 is 10.6 Å². The van der Waals surface area contributed by atoms with Crippen LogP contribution in [0.2, 0.25) is 0 Å². The first-order valence-corrected chi connectivity index (χ1v) is 6.67. The summed E-state index contributed by atoms with van der Waals surface area (Å²) in [5.74, 6) is 0. The van der Waals surface area contributed by atoms with E-state index in [1.165, 1.54) is 11.1 Å². The fourth-order valence-corrected chi connectivity index (χ4v) is 2.44. The van der Waals surface area contributed by atoms with E-state index in [9.17, 15) is 0 Å². The van der Waals surface area contributed by atoms with E-state index in [0.717, 1.165) is 0 Å². The normalized spacial score (nSPS) is 22.4. The molecule has 0 bridgehead atoms. The largest absolute Gasteiger partial charge is 0.343 e. The summed E-state index contributed by atoms with van der Waals surface area (Å²) in [6.45, 7) is 0. The summed E-state index contributed by atoms with van der Waals surface area (Å²) in [6, 6.07) is 20.5. The lowest BCUT2D eigenvalue weighted by Crippen LogP contribution is -2.55. The molecule has 1 fully saturated rings. The third-order valence-corrected chi connectivity index (χ3v) is 3.39. The second kappa shape index (κ2) is 5.38. The van der Waals surface area contributed by atoms with Gasteiger partial charge in [0, 0.05) is 0 Å². The SMILES string of the molecule is S=C1N[C@@H](c2ccccc2)N[C@H](c2ccccc2)N1. The number of rotatable bonds is 2. The topological polar surface area (TPSA) is 36.1 Å². The highest BCUT2D eigenvalue weighted by molar-refractivity contribution is 7.80. The van der Waals surface area contributed by atoms with Crippen LogP contribution in [0.3, 0.4) is 0 Å². The van der Waals surface area contributed by atoms with Crippen molar-refractivity contribution in [3.05, 3.63) is 71.8 Å². The van der Waals surface area contributed by atoms with Crippen LogP contribution >= 0.6 is 12.2 Å². The Balaban J connectivity index is 1.84. The van der Waals surface area contributed by atoms with Gasteiger partial charge in [-0.3, -0.25) is 5.32 Å². The molecule has 3 nitrogen and oxygen atoms in total. The molecule has 0 saturated carbocycles. The molecule has 1 aliphatic heterocycles. The quantitative estimate of drug-likeness (QED) is 0.732. The molecule has 1 heterocycles. The molecule has 0 aromatic heterocycles. The fraction of sp³-hybridized carbons (Fsp3) is 0.133. The minimum Gasteiger partial charge on any atom is -0.343 e. The number of hydrogen-bond acceptors (Lipinski definition) is 2. The fourth-order valence-electron chi connectivity index (χ4n) is 2.20. The van der Waals surface area contributed by atoms with Gasteiger partial charge in [0.2, 0.25) is 0 Å². The van der Waals surface area contributed by atoms with Crippen LogP contribution in [0, 0.1) is 0 Å². The molecule has 1 saturated heterocycles. The summed E-state index contributed by atoms with van der Waals surface area (Å²) in [7, 11) is 0. The summed E-state index contributed by atoms with van der Waals surface area (Å²) in [6.07, 6.45) is 0.0558. The van der Waals surface area contributed by atoms with E-state index in [-0.39, 0.29) is 12.3 Å². The Morgan fingerprint density at radius 3 is 1.53 bits per heavy atom. The maximum atomic E-state index is 5.30. The Labute approximate surface area is 118 Å². The monoisotopic (exact) mass is 269 g/mol. The van der Waals surface area contributed by atoms with Crippen molar-refractivity contribution in [1.29, 1.82) is 0 Å². The first kappa shape index (κ1) is 12.1. The predicted molar refractivity (Wildman–Crippen MR) is 80.4 cm³/mol. The average Bonchev–Trinajstić information content (AvgIpc) is 2.48. The number of thiocarbonyl (C=S) groups is 1. The Hall–Kier alpha value is -1.91. The van der Waals surface area contributed by atoms with Crippen LogP contribution in [0.15, 0.2) is 60.7 Å². The van der Waals surface area contributed by atoms with Crippen molar-refractivity contribution >= 4 is 17.3 Å². The van der Waals surface area contributed by atoms with Gasteiger partial charge in [0.25, 0.3) is 0 Å². The van der Waals surface area contributed by atoms with E-state index in [1.807, 2.05) is 36.4 Å². The zero-order chi connectivity index (χ0) is 13.1. The molecule has 19 heavy (non-hydrogen) atoms. The molecular formula is C15H15N3S. The smallest absolute Gasteiger partial charge is 0.169 e. The molecule has 0 amide bonds. The minimum atomic E-state index is 0.0279. The second-order valence-electron chi connectivity index (χ2n) is 4.47. The number of hydrogen-bond donors (Lipinski definition) is 3. The first-order chi connectivity index (χ1) is 9.33. The molecule has 2 aromatic rings. The van der Waals surface area contributed by atoms with Crippen molar-refractivity contribution in [2.45, 2.75) is 12.3 Å². The molecule has 2 aromatic carbocycles. The Kier molecular flexibility index (Phi) is 3.44. The van der Waals surface area contributed by atoms with Gasteiger partial charge in [-0.1, -0.05) is 60.7 Å². The van der Waals surface area contributed by atoms with Crippen LogP contribution in [-0.4, -0.2) is 5.11 Å². The van der Waals surface area contributed by atoms with E-state index in [1.54, 1.807) is 0 Å². The van der Waals surface area contributed by atoms with E-state index in [0.29, 0.717) is 5.11 Å². The van der Waals surface area contributed by atoms with Crippen LogP contribution in [0.4, 0.5) is 0 Å². The summed E-state index contributed by atoms with van der Waals surface area (Å²) in [4.78, 5) is 0. The van der Waals surface area contributed by atoms with Crippen LogP contribution in [-0.2, 0) is 0 Å². The molecule has 0 aliphatic carbocycles. The second-order valence-corrected chi connectivity index (χ2v) is 4.88. The first-order valence-electron chi connectivity index (χ1n) is 6.26. The van der Waals surface area contributed by atoms with Gasteiger partial charge in [-0.15, -0.1) is 0 Å². The van der Waals surface area contributed by atoms with Crippen molar-refractivity contribution in [2.24, 2.45) is 0 Å². The van der Waals surface area contributed by atoms with E-state index in [2.05, 4.69) is 40.2 Å². The van der Waals surface area contributed by atoms with E-state index >= 15 is 0 Å². The Bertz CT molecular complexity index is 507. The maximum absolute atomic E-state index is 5.30. The third-order valence-electron chi connectivity index (χ3n) is 3.15. The van der Waals surface area contributed by atoms with Gasteiger partial charge in [-0.25, -0.2) is 0 Å². The average molecular weight is 269 g/mol. The standard InChI is InChI=1S/C15H15N3S/c19-15-17-13(11-7-3-1-4-8-11)16-14(18-15)12-9-5-2-6-10-12/h1-10,13-14,16H,(H2,17,18,19)/t13-,14-/m0/s1. The zero-order valence-electron chi connectivity index (χ0n) is 10.3. The van der Waals surface area contributed by atoms with Crippen molar-refractivity contribution in [3.63, 3.8) is 0 Å². The summed E-state index contributed by atoms with van der Waals surface area (Å²) >= 11 is 5.30. The van der Waals surface area contributed by atoms with Gasteiger partial charge in [0.15, 0.2) is 5.11 Å². The summed E-state index contributed by atoms with van der Waals surface area (Å²) in [5.41, 5.74) is 2.35. The highest BCUT2D eigenvalue weighted by atomic mass is 32.1. The van der Waals surface area contributed by atoms with Crippen molar-refractivity contribution in [2.75, 3.05) is 0 Å². The van der Waals surface area contributed by atoms with Crippen molar-refractivity contribution in [1.82, 2.24) is 16.0 Å². The number of nitrogens with one attached hydrogen (secondary N) is 3. The zero-order valence-corrected chi connectivity index (χ0v) is 11.2. The lowest BCUT2D eigenvalue weighted by atomic mass is 10.1.